The minimum absolute atomic E-state index is 0.0332. The Morgan fingerprint density at radius 1 is 1.23 bits per heavy atom. The summed E-state index contributed by atoms with van der Waals surface area (Å²) in [7, 11) is 0. The van der Waals surface area contributed by atoms with Crippen molar-refractivity contribution in [1.82, 2.24) is 4.37 Å². The first-order chi connectivity index (χ1) is 10.6. The number of nitrogens with zero attached hydrogens (tertiary/aromatic N) is 1. The largest absolute Gasteiger partial charge is 0.373 e. The zero-order valence-electron chi connectivity index (χ0n) is 12.2. The fourth-order valence-corrected chi connectivity index (χ4v) is 4.05. The molecule has 3 aromatic rings. The summed E-state index contributed by atoms with van der Waals surface area (Å²) >= 11 is 5.84. The van der Waals surface area contributed by atoms with Gasteiger partial charge in [0.25, 0.3) is 0 Å². The fraction of sp³-hybridized carbons (Fsp3) is 0.176. The predicted molar refractivity (Wildman–Crippen MR) is 95.3 cm³/mol. The number of hydrogen-bond acceptors (Lipinski definition) is 5. The van der Waals surface area contributed by atoms with Crippen LogP contribution in [0.1, 0.15) is 28.4 Å². The van der Waals surface area contributed by atoms with Crippen LogP contribution < -0.4 is 5.32 Å². The first-order valence-electron chi connectivity index (χ1n) is 7.09. The lowest BCUT2D eigenvalue weighted by molar-refractivity contribution is 0.104. The molecule has 4 rings (SSSR count). The molecule has 3 nitrogen and oxygen atoms in total. The van der Waals surface area contributed by atoms with Gasteiger partial charge in [-0.15, -0.1) is 0 Å². The van der Waals surface area contributed by atoms with E-state index in [4.69, 9.17) is 0 Å². The van der Waals surface area contributed by atoms with E-state index in [1.54, 1.807) is 0 Å². The molecule has 2 aromatic carbocycles. The Balaban J connectivity index is 2.08. The van der Waals surface area contributed by atoms with Gasteiger partial charge in [0, 0.05) is 22.2 Å². The molecular formula is C17H14N2OS2. The molecule has 1 aromatic heterocycles. The number of nitrogens with one attached hydrogen (secondary N) is 1. The van der Waals surface area contributed by atoms with E-state index in [-0.39, 0.29) is 11.2 Å². The van der Waals surface area contributed by atoms with E-state index < -0.39 is 0 Å². The summed E-state index contributed by atoms with van der Waals surface area (Å²) in [6.07, 6.45) is 0. The molecule has 110 valence electrons. The number of carbonyl (C=O) groups is 1. The van der Waals surface area contributed by atoms with Crippen molar-refractivity contribution in [3.8, 4) is 11.3 Å². The standard InChI is InChI=1S/C17H14N2OS2/c1-8-6-7-11-14-15(19-22-17(8)14)10-4-3-5-12(18-9(2)21)13(10)16(11)20/h3-7,9,18,21H,1-2H3. The molecule has 0 radical (unpaired) electrons. The average molecular weight is 326 g/mol. The molecule has 1 aliphatic rings. The molecule has 1 N–H and O–H groups in total. The monoisotopic (exact) mass is 326 g/mol. The van der Waals surface area contributed by atoms with Gasteiger partial charge in [0.15, 0.2) is 5.78 Å². The summed E-state index contributed by atoms with van der Waals surface area (Å²) in [5.74, 6) is 0.0600. The van der Waals surface area contributed by atoms with Crippen LogP contribution in [-0.2, 0) is 0 Å². The van der Waals surface area contributed by atoms with Gasteiger partial charge in [-0.25, -0.2) is 0 Å². The fourth-order valence-electron chi connectivity index (χ4n) is 3.02. The number of hydrogen-bond donors (Lipinski definition) is 2. The Labute approximate surface area is 137 Å². The zero-order chi connectivity index (χ0) is 15.4. The quantitative estimate of drug-likeness (QED) is 0.421. The first kappa shape index (κ1) is 13.8. The van der Waals surface area contributed by atoms with Crippen LogP contribution in [0.25, 0.3) is 21.3 Å². The van der Waals surface area contributed by atoms with Crippen LogP contribution in [0.2, 0.25) is 0 Å². The Morgan fingerprint density at radius 2 is 2.05 bits per heavy atom. The van der Waals surface area contributed by atoms with Crippen molar-refractivity contribution in [2.75, 3.05) is 5.32 Å². The number of ketones is 1. The van der Waals surface area contributed by atoms with Gasteiger partial charge in [0.1, 0.15) is 0 Å². The van der Waals surface area contributed by atoms with E-state index in [0.29, 0.717) is 5.56 Å². The number of benzene rings is 2. The summed E-state index contributed by atoms with van der Waals surface area (Å²) in [4.78, 5) is 13.0. The van der Waals surface area contributed by atoms with Crippen LogP contribution in [0, 0.1) is 6.92 Å². The minimum Gasteiger partial charge on any atom is -0.373 e. The lowest BCUT2D eigenvalue weighted by Crippen LogP contribution is -2.16. The molecule has 0 saturated heterocycles. The molecule has 0 fully saturated rings. The predicted octanol–water partition coefficient (Wildman–Crippen LogP) is 4.50. The van der Waals surface area contributed by atoms with Gasteiger partial charge in [-0.2, -0.15) is 17.0 Å². The molecule has 0 spiro atoms. The van der Waals surface area contributed by atoms with Crippen molar-refractivity contribution in [3.05, 3.63) is 47.0 Å². The molecular weight excluding hydrogens is 312 g/mol. The molecule has 5 heteroatoms. The van der Waals surface area contributed by atoms with Crippen molar-refractivity contribution in [3.63, 3.8) is 0 Å². The van der Waals surface area contributed by atoms with Crippen molar-refractivity contribution in [2.24, 2.45) is 0 Å². The van der Waals surface area contributed by atoms with E-state index in [1.807, 2.05) is 37.3 Å². The van der Waals surface area contributed by atoms with E-state index in [9.17, 15) is 4.79 Å². The van der Waals surface area contributed by atoms with Crippen molar-refractivity contribution in [1.29, 1.82) is 0 Å². The second-order valence-corrected chi connectivity index (χ2v) is 7.09. The van der Waals surface area contributed by atoms with Crippen LogP contribution in [0.5, 0.6) is 0 Å². The summed E-state index contributed by atoms with van der Waals surface area (Å²) < 4.78 is 5.73. The number of anilines is 1. The van der Waals surface area contributed by atoms with Crippen molar-refractivity contribution < 1.29 is 4.79 Å². The number of carbonyl (C=O) groups excluding carboxylic acids is 1. The van der Waals surface area contributed by atoms with Gasteiger partial charge in [0.05, 0.1) is 21.3 Å². The first-order valence-corrected chi connectivity index (χ1v) is 8.38. The topological polar surface area (TPSA) is 42.0 Å². The molecule has 1 atom stereocenters. The smallest absolute Gasteiger partial charge is 0.196 e. The summed E-state index contributed by atoms with van der Waals surface area (Å²) in [5.41, 5.74) is 5.26. The Bertz CT molecular complexity index is 928. The highest BCUT2D eigenvalue weighted by atomic mass is 32.1. The Hall–Kier alpha value is -1.85. The molecule has 0 saturated carbocycles. The minimum atomic E-state index is -0.0332. The van der Waals surface area contributed by atoms with Gasteiger partial charge in [0.2, 0.25) is 0 Å². The van der Waals surface area contributed by atoms with E-state index in [2.05, 4.69) is 29.2 Å². The SMILES string of the molecule is Cc1ccc2c3c(nsc13)-c1cccc(NC(C)S)c1C2=O. The second kappa shape index (κ2) is 4.83. The number of aromatic nitrogens is 1. The summed E-state index contributed by atoms with van der Waals surface area (Å²) in [5, 5.41) is 4.21. The highest BCUT2D eigenvalue weighted by molar-refractivity contribution is 7.81. The molecule has 0 aliphatic heterocycles. The van der Waals surface area contributed by atoms with E-state index in [1.165, 1.54) is 11.5 Å². The third-order valence-electron chi connectivity index (χ3n) is 3.98. The van der Waals surface area contributed by atoms with Crippen LogP contribution >= 0.6 is 24.2 Å². The van der Waals surface area contributed by atoms with Crippen LogP contribution in [-0.4, -0.2) is 15.5 Å². The maximum atomic E-state index is 13.0. The van der Waals surface area contributed by atoms with Gasteiger partial charge < -0.3 is 5.32 Å². The lowest BCUT2D eigenvalue weighted by Gasteiger charge is -2.20. The highest BCUT2D eigenvalue weighted by Gasteiger charge is 2.30. The van der Waals surface area contributed by atoms with Crippen molar-refractivity contribution >= 4 is 45.7 Å². The third-order valence-corrected chi connectivity index (χ3v) is 5.09. The summed E-state index contributed by atoms with van der Waals surface area (Å²) in [6.45, 7) is 4.00. The number of fused-ring (bicyclic) bond motifs is 2. The van der Waals surface area contributed by atoms with Gasteiger partial charge >= 0.3 is 0 Å². The van der Waals surface area contributed by atoms with Gasteiger partial charge in [-0.05, 0) is 43.1 Å². The van der Waals surface area contributed by atoms with Crippen LogP contribution in [0.3, 0.4) is 0 Å². The summed E-state index contributed by atoms with van der Waals surface area (Å²) in [6, 6.07) is 9.77. The molecule has 1 aliphatic carbocycles. The Morgan fingerprint density at radius 3 is 2.82 bits per heavy atom. The molecule has 0 bridgehead atoms. The average Bonchev–Trinajstić information content (AvgIpc) is 2.92. The van der Waals surface area contributed by atoms with E-state index in [0.717, 1.165) is 38.2 Å². The number of aryl methyl sites for hydroxylation is 1. The van der Waals surface area contributed by atoms with Crippen LogP contribution in [0.15, 0.2) is 30.3 Å². The highest BCUT2D eigenvalue weighted by Crippen LogP contribution is 2.43. The Kier molecular flexibility index (Phi) is 3.03. The molecule has 22 heavy (non-hydrogen) atoms. The second-order valence-electron chi connectivity index (χ2n) is 5.54. The molecule has 1 heterocycles. The van der Waals surface area contributed by atoms with Gasteiger partial charge in [-0.1, -0.05) is 18.2 Å². The van der Waals surface area contributed by atoms with Crippen LogP contribution in [0.4, 0.5) is 5.69 Å². The molecule has 1 unspecified atom stereocenters. The number of rotatable bonds is 2. The molecule has 0 amide bonds. The van der Waals surface area contributed by atoms with Gasteiger partial charge in [-0.3, -0.25) is 4.79 Å². The third kappa shape index (κ3) is 1.82. The zero-order valence-corrected chi connectivity index (χ0v) is 13.9. The lowest BCUT2D eigenvalue weighted by atomic mass is 9.86. The van der Waals surface area contributed by atoms with Crippen molar-refractivity contribution in [2.45, 2.75) is 19.2 Å². The maximum Gasteiger partial charge on any atom is 0.196 e. The maximum absolute atomic E-state index is 13.0. The number of thiol groups is 1. The van der Waals surface area contributed by atoms with E-state index >= 15 is 0 Å². The normalized spacial score (nSPS) is 14.0.